The van der Waals surface area contributed by atoms with Gasteiger partial charge in [-0.1, -0.05) is 0 Å². The van der Waals surface area contributed by atoms with Gasteiger partial charge in [0.1, 0.15) is 5.69 Å². The summed E-state index contributed by atoms with van der Waals surface area (Å²) in [6, 6.07) is 6.08. The van der Waals surface area contributed by atoms with Gasteiger partial charge in [0.15, 0.2) is 0 Å². The molecule has 0 heterocycles. The van der Waals surface area contributed by atoms with Crippen LogP contribution >= 0.6 is 0 Å². The topological polar surface area (TPSA) is 117 Å². The van der Waals surface area contributed by atoms with Crippen LogP contribution in [0.2, 0.25) is 0 Å². The Morgan fingerprint density at radius 2 is 2.40 bits per heavy atom. The zero-order valence-corrected chi connectivity index (χ0v) is 11.0. The molecule has 0 aromatic heterocycles. The molecule has 1 aromatic carbocycles. The van der Waals surface area contributed by atoms with Gasteiger partial charge in [-0.25, -0.2) is 0 Å². The van der Waals surface area contributed by atoms with Crippen molar-refractivity contribution in [3.05, 3.63) is 45.6 Å². The number of nitriles is 1. The van der Waals surface area contributed by atoms with E-state index >= 15 is 0 Å². The number of rotatable bonds is 6. The smallest absolute Gasteiger partial charge is 0.293 e. The standard InChI is InChI=1S/C13H15N5O2/c1-2-16-6-5-11(15)9-17-12-4-3-10(8-14)7-13(12)18(19)20/h3-7,17H,2,9,15H2,1H3. The van der Waals surface area contributed by atoms with Crippen molar-refractivity contribution in [1.29, 1.82) is 5.26 Å². The maximum absolute atomic E-state index is 10.9. The van der Waals surface area contributed by atoms with Gasteiger partial charge >= 0.3 is 0 Å². The van der Waals surface area contributed by atoms with Gasteiger partial charge in [-0.05, 0) is 25.1 Å². The Hall–Kier alpha value is -2.88. The van der Waals surface area contributed by atoms with E-state index in [0.29, 0.717) is 17.9 Å². The van der Waals surface area contributed by atoms with Gasteiger partial charge in [-0.15, -0.1) is 0 Å². The summed E-state index contributed by atoms with van der Waals surface area (Å²) < 4.78 is 0. The van der Waals surface area contributed by atoms with E-state index in [0.717, 1.165) is 0 Å². The van der Waals surface area contributed by atoms with E-state index in [9.17, 15) is 10.1 Å². The summed E-state index contributed by atoms with van der Waals surface area (Å²) >= 11 is 0. The predicted molar refractivity (Wildman–Crippen MR) is 77.6 cm³/mol. The number of nitro groups is 1. The second-order valence-corrected chi connectivity index (χ2v) is 3.84. The minimum Gasteiger partial charge on any atom is -0.401 e. The average molecular weight is 273 g/mol. The highest BCUT2D eigenvalue weighted by molar-refractivity contribution is 5.72. The van der Waals surface area contributed by atoms with E-state index in [4.69, 9.17) is 11.0 Å². The highest BCUT2D eigenvalue weighted by atomic mass is 16.6. The number of aliphatic imine (C=N–C) groups is 1. The number of nitrogens with one attached hydrogen (secondary N) is 1. The molecule has 0 unspecified atom stereocenters. The normalized spacial score (nSPS) is 11.3. The Bertz CT molecular complexity index is 587. The van der Waals surface area contributed by atoms with Crippen LogP contribution in [0.25, 0.3) is 0 Å². The third-order valence-corrected chi connectivity index (χ3v) is 2.38. The molecule has 0 aliphatic carbocycles. The lowest BCUT2D eigenvalue weighted by molar-refractivity contribution is -0.384. The Labute approximate surface area is 116 Å². The van der Waals surface area contributed by atoms with E-state index in [1.165, 1.54) is 18.2 Å². The molecule has 0 fully saturated rings. The zero-order valence-electron chi connectivity index (χ0n) is 11.0. The summed E-state index contributed by atoms with van der Waals surface area (Å²) in [5.41, 5.74) is 6.63. The minimum absolute atomic E-state index is 0.154. The first kappa shape index (κ1) is 15.2. The van der Waals surface area contributed by atoms with Crippen LogP contribution in [0.4, 0.5) is 11.4 Å². The van der Waals surface area contributed by atoms with Crippen molar-refractivity contribution in [2.24, 2.45) is 10.7 Å². The van der Waals surface area contributed by atoms with Crippen LogP contribution in [0.3, 0.4) is 0 Å². The SMILES string of the molecule is CCN=CC=C(N)CNc1ccc(C#N)cc1[N+](=O)[O-]. The highest BCUT2D eigenvalue weighted by Crippen LogP contribution is 2.25. The number of nitrogens with two attached hydrogens (primary N) is 1. The van der Waals surface area contributed by atoms with Crippen molar-refractivity contribution in [3.63, 3.8) is 0 Å². The summed E-state index contributed by atoms with van der Waals surface area (Å²) in [5.74, 6) is 0. The number of hydrogen-bond donors (Lipinski definition) is 2. The van der Waals surface area contributed by atoms with Gasteiger partial charge in [0.2, 0.25) is 0 Å². The van der Waals surface area contributed by atoms with E-state index in [1.807, 2.05) is 13.0 Å². The number of benzene rings is 1. The first-order valence-corrected chi connectivity index (χ1v) is 5.95. The van der Waals surface area contributed by atoms with Crippen LogP contribution in [-0.4, -0.2) is 24.2 Å². The molecule has 3 N–H and O–H groups in total. The van der Waals surface area contributed by atoms with Crippen molar-refractivity contribution in [3.8, 4) is 6.07 Å². The Morgan fingerprint density at radius 1 is 1.65 bits per heavy atom. The fourth-order valence-electron chi connectivity index (χ4n) is 1.41. The minimum atomic E-state index is -0.540. The van der Waals surface area contributed by atoms with E-state index in [1.54, 1.807) is 12.3 Å². The maximum Gasteiger partial charge on any atom is 0.293 e. The molecule has 104 valence electrons. The monoisotopic (exact) mass is 273 g/mol. The van der Waals surface area contributed by atoms with Crippen LogP contribution in [0.15, 0.2) is 35.0 Å². The molecule has 0 bridgehead atoms. The number of allylic oxidation sites excluding steroid dienone is 1. The van der Waals surface area contributed by atoms with Crippen molar-refractivity contribution in [2.75, 3.05) is 18.4 Å². The molecule has 7 heteroatoms. The lowest BCUT2D eigenvalue weighted by Crippen LogP contribution is -2.12. The van der Waals surface area contributed by atoms with Crippen LogP contribution in [0.1, 0.15) is 12.5 Å². The second kappa shape index (κ2) is 7.53. The van der Waals surface area contributed by atoms with Crippen LogP contribution < -0.4 is 11.1 Å². The second-order valence-electron chi connectivity index (χ2n) is 3.84. The third-order valence-electron chi connectivity index (χ3n) is 2.38. The Morgan fingerprint density at radius 3 is 3.00 bits per heavy atom. The van der Waals surface area contributed by atoms with Crippen LogP contribution in [0, 0.1) is 21.4 Å². The molecule has 0 saturated heterocycles. The molecule has 0 spiro atoms. The van der Waals surface area contributed by atoms with Gasteiger partial charge in [-0.3, -0.25) is 15.1 Å². The first-order chi connectivity index (χ1) is 9.58. The van der Waals surface area contributed by atoms with Gasteiger partial charge in [0.05, 0.1) is 23.1 Å². The van der Waals surface area contributed by atoms with Crippen molar-refractivity contribution < 1.29 is 4.92 Å². The molecule has 20 heavy (non-hydrogen) atoms. The number of nitro benzene ring substituents is 1. The van der Waals surface area contributed by atoms with Crippen LogP contribution in [-0.2, 0) is 0 Å². The molecular formula is C13H15N5O2. The first-order valence-electron chi connectivity index (χ1n) is 5.95. The van der Waals surface area contributed by atoms with Crippen molar-refractivity contribution in [2.45, 2.75) is 6.92 Å². The lowest BCUT2D eigenvalue weighted by atomic mass is 10.2. The van der Waals surface area contributed by atoms with Crippen LogP contribution in [0.5, 0.6) is 0 Å². The highest BCUT2D eigenvalue weighted by Gasteiger charge is 2.14. The fourth-order valence-corrected chi connectivity index (χ4v) is 1.41. The summed E-state index contributed by atoms with van der Waals surface area (Å²) in [5, 5.41) is 22.5. The number of hydrogen-bond acceptors (Lipinski definition) is 6. The molecule has 0 amide bonds. The quantitative estimate of drug-likeness (QED) is 0.465. The third kappa shape index (κ3) is 4.42. The summed E-state index contributed by atoms with van der Waals surface area (Å²) in [7, 11) is 0. The Kier molecular flexibility index (Phi) is 5.72. The fraction of sp³-hybridized carbons (Fsp3) is 0.231. The van der Waals surface area contributed by atoms with E-state index in [-0.39, 0.29) is 17.8 Å². The van der Waals surface area contributed by atoms with Crippen molar-refractivity contribution >= 4 is 17.6 Å². The maximum atomic E-state index is 10.9. The summed E-state index contributed by atoms with van der Waals surface area (Å²) in [6.45, 7) is 2.82. The molecule has 0 aliphatic heterocycles. The predicted octanol–water partition coefficient (Wildman–Crippen LogP) is 1.81. The molecule has 0 radical (unpaired) electrons. The summed E-state index contributed by atoms with van der Waals surface area (Å²) in [6.07, 6.45) is 3.22. The number of nitrogens with zero attached hydrogens (tertiary/aromatic N) is 3. The average Bonchev–Trinajstić information content (AvgIpc) is 2.45. The molecule has 1 aromatic rings. The van der Waals surface area contributed by atoms with Gasteiger partial charge in [-0.2, -0.15) is 5.26 Å². The van der Waals surface area contributed by atoms with E-state index in [2.05, 4.69) is 10.3 Å². The Balaban J connectivity index is 2.83. The number of anilines is 1. The molecule has 0 atom stereocenters. The molecule has 0 aliphatic rings. The van der Waals surface area contributed by atoms with Gasteiger partial charge in [0, 0.05) is 24.5 Å². The van der Waals surface area contributed by atoms with Crippen molar-refractivity contribution in [1.82, 2.24) is 0 Å². The van der Waals surface area contributed by atoms with E-state index < -0.39 is 4.92 Å². The molecule has 0 saturated carbocycles. The van der Waals surface area contributed by atoms with Gasteiger partial charge in [0.25, 0.3) is 5.69 Å². The summed E-state index contributed by atoms with van der Waals surface area (Å²) in [4.78, 5) is 14.4. The largest absolute Gasteiger partial charge is 0.401 e. The lowest BCUT2D eigenvalue weighted by Gasteiger charge is -2.07. The molecular weight excluding hydrogens is 258 g/mol. The van der Waals surface area contributed by atoms with Gasteiger partial charge < -0.3 is 11.1 Å². The molecule has 1 rings (SSSR count). The molecule has 7 nitrogen and oxygen atoms in total. The zero-order chi connectivity index (χ0) is 15.0.